The summed E-state index contributed by atoms with van der Waals surface area (Å²) in [6.07, 6.45) is 3.96. The summed E-state index contributed by atoms with van der Waals surface area (Å²) in [5, 5.41) is 29.7. The molecular formula is C14H18N4O5. The summed E-state index contributed by atoms with van der Waals surface area (Å²) in [5.74, 6) is 2.82. The highest BCUT2D eigenvalue weighted by atomic mass is 16.6. The number of rotatable bonds is 4. The average Bonchev–Trinajstić information content (AvgIpc) is 3.11. The van der Waals surface area contributed by atoms with Gasteiger partial charge in [-0.05, 0) is 0 Å². The third kappa shape index (κ3) is 2.50. The van der Waals surface area contributed by atoms with Gasteiger partial charge < -0.3 is 29.7 Å². The molecule has 0 aliphatic carbocycles. The fourth-order valence-corrected chi connectivity index (χ4v) is 2.80. The lowest BCUT2D eigenvalue weighted by molar-refractivity contribution is -0.0594. The highest BCUT2D eigenvalue weighted by Crippen LogP contribution is 2.38. The second kappa shape index (κ2) is 6.27. The lowest BCUT2D eigenvalue weighted by Crippen LogP contribution is -2.34. The average molecular weight is 322 g/mol. The first kappa shape index (κ1) is 15.9. The Morgan fingerprint density at radius 2 is 2.26 bits per heavy atom. The zero-order chi connectivity index (χ0) is 16.6. The van der Waals surface area contributed by atoms with Crippen LogP contribution >= 0.6 is 0 Å². The fourth-order valence-electron chi connectivity index (χ4n) is 2.80. The summed E-state index contributed by atoms with van der Waals surface area (Å²) in [7, 11) is 1.44. The van der Waals surface area contributed by atoms with Crippen LogP contribution in [0.5, 0.6) is 0 Å². The first-order valence-corrected chi connectivity index (χ1v) is 7.07. The molecule has 9 heteroatoms. The molecule has 0 saturated carbocycles. The van der Waals surface area contributed by atoms with E-state index in [1.54, 1.807) is 4.57 Å². The van der Waals surface area contributed by atoms with E-state index in [1.165, 1.54) is 24.7 Å². The number of aromatic nitrogens is 2. The molecule has 2 aliphatic heterocycles. The topological polar surface area (TPSA) is 113 Å². The third-order valence-corrected chi connectivity index (χ3v) is 3.99. The summed E-state index contributed by atoms with van der Waals surface area (Å²) >= 11 is 0. The van der Waals surface area contributed by atoms with Crippen LogP contribution in [0.4, 0.5) is 5.82 Å². The van der Waals surface area contributed by atoms with Gasteiger partial charge in [0.05, 0.1) is 25.8 Å². The van der Waals surface area contributed by atoms with Crippen LogP contribution in [0.25, 0.3) is 0 Å². The molecule has 0 radical (unpaired) electrons. The molecule has 1 aromatic heterocycles. The fraction of sp³-hybridized carbons (Fsp3) is 0.571. The minimum Gasteiger partial charge on any atom is -0.394 e. The van der Waals surface area contributed by atoms with Gasteiger partial charge in [-0.1, -0.05) is 5.92 Å². The third-order valence-electron chi connectivity index (χ3n) is 3.99. The Hall–Kier alpha value is -1.96. The Morgan fingerprint density at radius 1 is 1.48 bits per heavy atom. The lowest BCUT2D eigenvalue weighted by atomic mass is 10.1. The molecule has 0 aromatic carbocycles. The molecule has 1 saturated heterocycles. The van der Waals surface area contributed by atoms with Crippen molar-refractivity contribution in [2.75, 3.05) is 20.3 Å². The molecule has 1 fully saturated rings. The number of aliphatic imine (C=N–C) groups is 1. The van der Waals surface area contributed by atoms with Crippen molar-refractivity contribution in [3.63, 3.8) is 0 Å². The quantitative estimate of drug-likeness (QED) is 0.594. The number of hydrogen-bond acceptors (Lipinski definition) is 8. The van der Waals surface area contributed by atoms with Gasteiger partial charge in [-0.3, -0.25) is 4.57 Å². The SMILES string of the molecule is C#CCN1C=Nc2c(ncn2[C@@H]2O[C@H](CO)C(O)C2OC)C1O. The number of aliphatic hydroxyl groups excluding tert-OH is 3. The van der Waals surface area contributed by atoms with Crippen LogP contribution < -0.4 is 0 Å². The molecule has 3 N–H and O–H groups in total. The predicted molar refractivity (Wildman–Crippen MR) is 78.7 cm³/mol. The number of terminal acetylenes is 1. The Bertz CT molecular complexity index is 640. The molecular weight excluding hydrogens is 304 g/mol. The summed E-state index contributed by atoms with van der Waals surface area (Å²) < 4.78 is 12.5. The molecule has 3 heterocycles. The Labute approximate surface area is 132 Å². The van der Waals surface area contributed by atoms with Crippen molar-refractivity contribution in [2.45, 2.75) is 30.8 Å². The van der Waals surface area contributed by atoms with Crippen LogP contribution in [0.1, 0.15) is 18.1 Å². The molecule has 23 heavy (non-hydrogen) atoms. The van der Waals surface area contributed by atoms with Gasteiger partial charge >= 0.3 is 0 Å². The monoisotopic (exact) mass is 322 g/mol. The highest BCUT2D eigenvalue weighted by Gasteiger charge is 2.46. The first-order valence-electron chi connectivity index (χ1n) is 7.07. The largest absolute Gasteiger partial charge is 0.394 e. The number of ether oxygens (including phenoxy) is 2. The maximum Gasteiger partial charge on any atom is 0.175 e. The Kier molecular flexibility index (Phi) is 4.34. The van der Waals surface area contributed by atoms with E-state index in [9.17, 15) is 15.3 Å². The Balaban J connectivity index is 1.92. The standard InChI is InChI=1S/C14H18N4O5/c1-3-4-17-6-16-12-9(13(17)21)15-7-18(12)14-11(22-2)10(20)8(5-19)23-14/h1,6-8,10-11,13-14,19-21H,4-5H2,2H3/t8-,10?,11?,13?,14-/m1/s1. The normalized spacial score (nSPS) is 32.8. The molecule has 2 aliphatic rings. The number of hydrogen-bond donors (Lipinski definition) is 3. The summed E-state index contributed by atoms with van der Waals surface area (Å²) in [6.45, 7) is -0.140. The van der Waals surface area contributed by atoms with Gasteiger partial charge in [-0.2, -0.15) is 0 Å². The van der Waals surface area contributed by atoms with Gasteiger partial charge in [-0.15, -0.1) is 6.42 Å². The molecule has 124 valence electrons. The van der Waals surface area contributed by atoms with Crippen molar-refractivity contribution in [3.05, 3.63) is 12.0 Å². The van der Waals surface area contributed by atoms with Crippen molar-refractivity contribution in [3.8, 4) is 12.3 Å². The molecule has 9 nitrogen and oxygen atoms in total. The predicted octanol–water partition coefficient (Wildman–Crippen LogP) is -1.25. The van der Waals surface area contributed by atoms with E-state index in [2.05, 4.69) is 15.9 Å². The van der Waals surface area contributed by atoms with Crippen LogP contribution in [0.15, 0.2) is 11.3 Å². The van der Waals surface area contributed by atoms with Crippen LogP contribution in [0, 0.1) is 12.3 Å². The molecule has 0 bridgehead atoms. The van der Waals surface area contributed by atoms with E-state index in [0.717, 1.165) is 0 Å². The van der Waals surface area contributed by atoms with E-state index in [4.69, 9.17) is 15.9 Å². The molecule has 1 aromatic rings. The highest BCUT2D eigenvalue weighted by molar-refractivity contribution is 5.65. The number of methoxy groups -OCH3 is 1. The minimum absolute atomic E-state index is 0.197. The summed E-state index contributed by atoms with van der Waals surface area (Å²) in [4.78, 5) is 9.89. The number of fused-ring (bicyclic) bond motifs is 1. The summed E-state index contributed by atoms with van der Waals surface area (Å²) in [6, 6.07) is 0. The maximum atomic E-state index is 10.3. The van der Waals surface area contributed by atoms with Gasteiger partial charge in [0.1, 0.15) is 24.0 Å². The second-order valence-electron chi connectivity index (χ2n) is 5.29. The van der Waals surface area contributed by atoms with Crippen LogP contribution in [-0.2, 0) is 9.47 Å². The van der Waals surface area contributed by atoms with Gasteiger partial charge in [0.25, 0.3) is 0 Å². The smallest absolute Gasteiger partial charge is 0.175 e. The van der Waals surface area contributed by atoms with E-state index in [0.29, 0.717) is 11.5 Å². The Morgan fingerprint density at radius 3 is 2.91 bits per heavy atom. The zero-order valence-corrected chi connectivity index (χ0v) is 12.5. The van der Waals surface area contributed by atoms with Gasteiger partial charge in [-0.25, -0.2) is 9.98 Å². The van der Waals surface area contributed by atoms with E-state index < -0.39 is 30.8 Å². The number of nitrogens with zero attached hydrogens (tertiary/aromatic N) is 4. The van der Waals surface area contributed by atoms with Crippen molar-refractivity contribution in [1.82, 2.24) is 14.5 Å². The van der Waals surface area contributed by atoms with E-state index in [1.807, 2.05) is 0 Å². The lowest BCUT2D eigenvalue weighted by Gasteiger charge is -2.27. The number of imidazole rings is 1. The van der Waals surface area contributed by atoms with Crippen molar-refractivity contribution in [2.24, 2.45) is 4.99 Å². The van der Waals surface area contributed by atoms with Crippen LogP contribution in [-0.4, -0.2) is 74.7 Å². The van der Waals surface area contributed by atoms with Gasteiger partial charge in [0, 0.05) is 7.11 Å². The second-order valence-corrected chi connectivity index (χ2v) is 5.29. The van der Waals surface area contributed by atoms with Crippen molar-refractivity contribution < 1.29 is 24.8 Å². The molecule has 5 atom stereocenters. The molecule has 0 spiro atoms. The van der Waals surface area contributed by atoms with Gasteiger partial charge in [0.2, 0.25) is 0 Å². The van der Waals surface area contributed by atoms with E-state index in [-0.39, 0.29) is 13.2 Å². The van der Waals surface area contributed by atoms with Gasteiger partial charge in [0.15, 0.2) is 18.3 Å². The zero-order valence-electron chi connectivity index (χ0n) is 12.5. The first-order chi connectivity index (χ1) is 11.1. The van der Waals surface area contributed by atoms with Crippen molar-refractivity contribution in [1.29, 1.82) is 0 Å². The molecule has 3 rings (SSSR count). The molecule has 3 unspecified atom stereocenters. The molecule has 0 amide bonds. The number of aliphatic hydroxyl groups is 3. The van der Waals surface area contributed by atoms with Crippen LogP contribution in [0.3, 0.4) is 0 Å². The summed E-state index contributed by atoms with van der Waals surface area (Å²) in [5.41, 5.74) is 0.336. The maximum absolute atomic E-state index is 10.3. The van der Waals surface area contributed by atoms with Crippen LogP contribution in [0.2, 0.25) is 0 Å². The minimum atomic E-state index is -1.01. The van der Waals surface area contributed by atoms with E-state index >= 15 is 0 Å². The van der Waals surface area contributed by atoms with Crippen molar-refractivity contribution >= 4 is 12.2 Å².